The molecule has 0 radical (unpaired) electrons. The summed E-state index contributed by atoms with van der Waals surface area (Å²) < 4.78 is 34.2. The van der Waals surface area contributed by atoms with Crippen LogP contribution < -0.4 is 5.19 Å². The largest absolute Gasteiger partial charge is 0.505 e. The van der Waals surface area contributed by atoms with Gasteiger partial charge in [-0.2, -0.15) is 0 Å². The van der Waals surface area contributed by atoms with E-state index >= 15 is 0 Å². The zero-order valence-electron chi connectivity index (χ0n) is 25.9. The van der Waals surface area contributed by atoms with E-state index in [-0.39, 0.29) is 0 Å². The van der Waals surface area contributed by atoms with Gasteiger partial charge < -0.3 is 21.8 Å². The second kappa shape index (κ2) is 9.95. The van der Waals surface area contributed by atoms with Crippen LogP contribution in [0.3, 0.4) is 0 Å². The highest BCUT2D eigenvalue weighted by molar-refractivity contribution is 6.96. The summed E-state index contributed by atoms with van der Waals surface area (Å²) >= 11 is 0. The van der Waals surface area contributed by atoms with Crippen LogP contribution in [-0.2, 0) is 21.8 Å². The van der Waals surface area contributed by atoms with Gasteiger partial charge in [0.05, 0.1) is 24.4 Å². The van der Waals surface area contributed by atoms with Gasteiger partial charge >= 0.3 is 8.80 Å². The molecule has 2 saturated heterocycles. The van der Waals surface area contributed by atoms with Crippen molar-refractivity contribution in [2.24, 2.45) is 35.5 Å². The molecule has 0 spiro atoms. The van der Waals surface area contributed by atoms with Gasteiger partial charge in [0.1, 0.15) is 0 Å². The number of epoxide rings is 2. The van der Waals surface area contributed by atoms with E-state index in [0.29, 0.717) is 24.4 Å². The molecule has 0 amide bonds. The Morgan fingerprint density at radius 1 is 0.625 bits per heavy atom. The number of fused-ring (bicyclic) bond motifs is 10. The summed E-state index contributed by atoms with van der Waals surface area (Å²) in [4.78, 5) is 0. The van der Waals surface area contributed by atoms with E-state index in [9.17, 15) is 0 Å². The number of benzene rings is 1. The highest BCUT2D eigenvalue weighted by Crippen LogP contribution is 2.61. The first kappa shape index (κ1) is 28.6. The molecule has 1 aromatic rings. The van der Waals surface area contributed by atoms with Gasteiger partial charge in [0, 0.05) is 5.19 Å². The average molecular weight is 617 g/mol. The molecule has 10 atom stereocenters. The van der Waals surface area contributed by atoms with Crippen LogP contribution >= 0.6 is 0 Å². The molecule has 6 fully saturated rings. The molecule has 6 aliphatic rings. The van der Waals surface area contributed by atoms with E-state index in [0.717, 1.165) is 35.5 Å². The lowest BCUT2D eigenvalue weighted by Crippen LogP contribution is -2.68. The van der Waals surface area contributed by atoms with Crippen molar-refractivity contribution < 1.29 is 21.8 Å². The monoisotopic (exact) mass is 616 g/mol. The fourth-order valence-electron chi connectivity index (χ4n) is 9.31. The van der Waals surface area contributed by atoms with Crippen molar-refractivity contribution in [3.8, 4) is 0 Å². The summed E-state index contributed by atoms with van der Waals surface area (Å²) in [7, 11) is -9.30. The van der Waals surface area contributed by atoms with Gasteiger partial charge in [-0.3, -0.25) is 0 Å². The van der Waals surface area contributed by atoms with E-state index in [1.54, 1.807) is 0 Å². The lowest BCUT2D eigenvalue weighted by Gasteiger charge is -2.45. The molecule has 1 aromatic carbocycles. The number of hydrogen-bond acceptors (Lipinski definition) is 5. The summed E-state index contributed by atoms with van der Waals surface area (Å²) in [5, 5.41) is 1.17. The van der Waals surface area contributed by atoms with Crippen LogP contribution in [0.4, 0.5) is 0 Å². The van der Waals surface area contributed by atoms with Gasteiger partial charge in [-0.15, -0.1) is 0 Å². The molecule has 0 aromatic heterocycles. The van der Waals surface area contributed by atoms with Crippen molar-refractivity contribution in [3.05, 3.63) is 30.3 Å². The quantitative estimate of drug-likeness (QED) is 0.181. The van der Waals surface area contributed by atoms with E-state index in [1.165, 1.54) is 55.8 Å². The van der Waals surface area contributed by atoms with Crippen LogP contribution in [0.2, 0.25) is 57.9 Å². The Morgan fingerprint density at radius 2 is 1.10 bits per heavy atom. The number of ether oxygens (including phenoxy) is 2. The molecule has 0 N–H and O–H groups in total. The minimum Gasteiger partial charge on any atom is -0.414 e. The predicted octanol–water partition coefficient (Wildman–Crippen LogP) is 6.75. The lowest BCUT2D eigenvalue weighted by atomic mass is 9.87. The zero-order chi connectivity index (χ0) is 28.1. The third kappa shape index (κ3) is 5.61. The SMILES string of the molecule is C[Si](C)(C)O[Si](O[Si](C)(C)CCC1CC2CC1C1OC21)(O[Si](C)(C)CCC1CC2CC1C1OC21)c1ccccc1. The van der Waals surface area contributed by atoms with Crippen LogP contribution in [0.1, 0.15) is 38.5 Å². The highest BCUT2D eigenvalue weighted by atomic mass is 28.5. The Balaban J connectivity index is 1.09. The van der Waals surface area contributed by atoms with E-state index in [1.807, 2.05) is 0 Å². The predicted molar refractivity (Wildman–Crippen MR) is 169 cm³/mol. The number of rotatable bonds is 13. The number of hydrogen-bond donors (Lipinski definition) is 0. The second-order valence-corrected chi connectivity index (χ2v) is 32.8. The van der Waals surface area contributed by atoms with Crippen molar-refractivity contribution in [3.63, 3.8) is 0 Å². The Morgan fingerprint density at radius 3 is 1.50 bits per heavy atom. The van der Waals surface area contributed by atoms with Gasteiger partial charge in [0.2, 0.25) is 0 Å². The van der Waals surface area contributed by atoms with E-state index < -0.39 is 33.8 Å². The second-order valence-electron chi connectivity index (χ2n) is 16.4. The molecule has 4 saturated carbocycles. The molecule has 7 rings (SSSR count). The fraction of sp³-hybridized carbons (Fsp3) is 0.806. The van der Waals surface area contributed by atoms with Crippen LogP contribution in [0.15, 0.2) is 30.3 Å². The molecular formula is C31H52O5Si4. The maximum absolute atomic E-state index is 7.50. The summed E-state index contributed by atoms with van der Waals surface area (Å²) in [5.74, 6) is 4.91. The Bertz CT molecular complexity index is 1040. The first-order chi connectivity index (χ1) is 18.8. The first-order valence-electron chi connectivity index (χ1n) is 16.3. The van der Waals surface area contributed by atoms with Gasteiger partial charge in [0.15, 0.2) is 25.0 Å². The summed E-state index contributed by atoms with van der Waals surface area (Å²) in [5.41, 5.74) is 0. The van der Waals surface area contributed by atoms with Crippen molar-refractivity contribution in [2.45, 2.75) is 121 Å². The third-order valence-electron chi connectivity index (χ3n) is 11.1. The molecule has 222 valence electrons. The summed E-state index contributed by atoms with van der Waals surface area (Å²) in [6, 6.07) is 13.2. The third-order valence-corrected chi connectivity index (χ3v) is 25.2. The van der Waals surface area contributed by atoms with Crippen molar-refractivity contribution in [2.75, 3.05) is 0 Å². The molecule has 9 heteroatoms. The molecule has 4 aliphatic carbocycles. The topological polar surface area (TPSA) is 52.8 Å². The Hall–Kier alpha value is -0.112. The van der Waals surface area contributed by atoms with Crippen molar-refractivity contribution in [1.29, 1.82) is 0 Å². The normalized spacial score (nSPS) is 40.7. The van der Waals surface area contributed by atoms with Crippen LogP contribution in [0.5, 0.6) is 0 Å². The molecule has 5 nitrogen and oxygen atoms in total. The average Bonchev–Trinajstić information content (AvgIpc) is 3.70. The highest BCUT2D eigenvalue weighted by Gasteiger charge is 2.64. The van der Waals surface area contributed by atoms with Crippen molar-refractivity contribution in [1.82, 2.24) is 0 Å². The smallest absolute Gasteiger partial charge is 0.414 e. The Kier molecular flexibility index (Phi) is 7.13. The minimum absolute atomic E-state index is 0.588. The van der Waals surface area contributed by atoms with Gasteiger partial charge in [-0.25, -0.2) is 0 Å². The standard InChI is InChI=1S/C31H52O5Si4/c1-37(2,3)34-40(25-11-9-8-10-12-25,35-38(4,5)15-13-21-17-23-19-26(21)30-28(23)32-30)36-39(6,7)16-14-22-18-24-20-27(22)31-29(24)33-31/h8-12,21-24,26-31H,13-20H2,1-7H3. The fourth-order valence-corrected chi connectivity index (χ4v) is 24.9. The molecule has 2 heterocycles. The molecule has 40 heavy (non-hydrogen) atoms. The maximum Gasteiger partial charge on any atom is 0.505 e. The van der Waals surface area contributed by atoms with Gasteiger partial charge in [-0.1, -0.05) is 43.2 Å². The van der Waals surface area contributed by atoms with Crippen LogP contribution in [-0.4, -0.2) is 58.2 Å². The molecule has 10 unspecified atom stereocenters. The first-order valence-corrected chi connectivity index (χ1v) is 27.6. The van der Waals surface area contributed by atoms with Gasteiger partial charge in [0.25, 0.3) is 0 Å². The van der Waals surface area contributed by atoms with Crippen molar-refractivity contribution >= 4 is 38.9 Å². The summed E-state index contributed by atoms with van der Waals surface area (Å²) in [6.45, 7) is 16.6. The van der Waals surface area contributed by atoms with Gasteiger partial charge in [-0.05, 0) is 119 Å². The molecular weight excluding hydrogens is 565 g/mol. The summed E-state index contributed by atoms with van der Waals surface area (Å²) in [6.07, 6.45) is 10.5. The molecule has 2 aliphatic heterocycles. The maximum atomic E-state index is 7.50. The minimum atomic E-state index is -3.14. The van der Waals surface area contributed by atoms with E-state index in [2.05, 4.69) is 76.2 Å². The molecule has 4 bridgehead atoms. The van der Waals surface area contributed by atoms with Crippen LogP contribution in [0, 0.1) is 35.5 Å². The van der Waals surface area contributed by atoms with E-state index in [4.69, 9.17) is 21.8 Å². The lowest BCUT2D eigenvalue weighted by molar-refractivity contribution is 0.244. The zero-order valence-corrected chi connectivity index (χ0v) is 29.9. The van der Waals surface area contributed by atoms with Crippen LogP contribution in [0.25, 0.3) is 0 Å². The Labute approximate surface area is 246 Å².